The monoisotopic (exact) mass is 613 g/mol. The van der Waals surface area contributed by atoms with Gasteiger partial charge in [-0.3, -0.25) is 13.9 Å². The van der Waals surface area contributed by atoms with Gasteiger partial charge in [0.2, 0.25) is 11.8 Å². The van der Waals surface area contributed by atoms with Gasteiger partial charge in [-0.15, -0.1) is 0 Å². The first kappa shape index (κ1) is 33.4. The molecule has 11 heteroatoms. The molecule has 9 nitrogen and oxygen atoms in total. The molecule has 0 saturated heterocycles. The van der Waals surface area contributed by atoms with Crippen molar-refractivity contribution in [3.63, 3.8) is 0 Å². The number of unbranched alkanes of at least 4 members (excludes halogenated alkanes) is 1. The highest BCUT2D eigenvalue weighted by Gasteiger charge is 2.34. The highest BCUT2D eigenvalue weighted by molar-refractivity contribution is 7.92. The van der Waals surface area contributed by atoms with Crippen LogP contribution in [0.15, 0.2) is 71.6 Å². The van der Waals surface area contributed by atoms with Crippen LogP contribution >= 0.6 is 0 Å². The molecule has 0 spiro atoms. The molecule has 0 heterocycles. The Morgan fingerprint density at radius 1 is 0.953 bits per heavy atom. The zero-order valence-corrected chi connectivity index (χ0v) is 26.1. The fourth-order valence-corrected chi connectivity index (χ4v) is 6.10. The average Bonchev–Trinajstić information content (AvgIpc) is 2.99. The van der Waals surface area contributed by atoms with Gasteiger partial charge in [0.25, 0.3) is 10.0 Å². The predicted molar refractivity (Wildman–Crippen MR) is 164 cm³/mol. The molecule has 0 radical (unpaired) electrons. The number of nitrogens with zero attached hydrogens (tertiary/aromatic N) is 2. The summed E-state index contributed by atoms with van der Waals surface area (Å²) < 4.78 is 53.5. The highest BCUT2D eigenvalue weighted by Crippen LogP contribution is 2.32. The molecule has 43 heavy (non-hydrogen) atoms. The van der Waals surface area contributed by atoms with Gasteiger partial charge in [-0.25, -0.2) is 12.8 Å². The van der Waals surface area contributed by atoms with Gasteiger partial charge in [-0.05, 0) is 61.7 Å². The van der Waals surface area contributed by atoms with Crippen molar-refractivity contribution in [1.82, 2.24) is 10.2 Å². The lowest BCUT2D eigenvalue weighted by molar-refractivity contribution is -0.140. The number of anilines is 1. The lowest BCUT2D eigenvalue weighted by atomic mass is 10.1. The van der Waals surface area contributed by atoms with Crippen LogP contribution in [-0.2, 0) is 26.2 Å². The summed E-state index contributed by atoms with van der Waals surface area (Å²) in [7, 11) is -1.56. The van der Waals surface area contributed by atoms with Crippen molar-refractivity contribution in [3.05, 3.63) is 83.7 Å². The van der Waals surface area contributed by atoms with Crippen molar-refractivity contribution in [1.29, 1.82) is 0 Å². The Bertz CT molecular complexity index is 1500. The van der Waals surface area contributed by atoms with E-state index in [9.17, 15) is 22.4 Å². The van der Waals surface area contributed by atoms with Gasteiger partial charge in [0.1, 0.15) is 18.4 Å². The van der Waals surface area contributed by atoms with Gasteiger partial charge in [0, 0.05) is 19.2 Å². The van der Waals surface area contributed by atoms with Crippen molar-refractivity contribution in [2.45, 2.75) is 57.5 Å². The van der Waals surface area contributed by atoms with Crippen LogP contribution in [0.3, 0.4) is 0 Å². The lowest BCUT2D eigenvalue weighted by Gasteiger charge is -2.33. The minimum Gasteiger partial charge on any atom is -0.493 e. The third-order valence-corrected chi connectivity index (χ3v) is 8.76. The predicted octanol–water partition coefficient (Wildman–Crippen LogP) is 5.07. The van der Waals surface area contributed by atoms with Crippen molar-refractivity contribution >= 4 is 27.5 Å². The quantitative estimate of drug-likeness (QED) is 0.240. The molecule has 0 unspecified atom stereocenters. The molecule has 0 saturated carbocycles. The van der Waals surface area contributed by atoms with Crippen molar-refractivity contribution in [2.75, 3.05) is 31.6 Å². The zero-order chi connectivity index (χ0) is 31.6. The maximum absolute atomic E-state index is 14.1. The SMILES string of the molecule is CCCCNC(=O)[C@@H](CC)N(Cc1cccc(C)c1)C(=O)CN(c1ccc(F)cc1)S(=O)(=O)c1ccc(OC)c(OC)c1. The van der Waals surface area contributed by atoms with E-state index in [1.165, 1.54) is 49.5 Å². The number of methoxy groups -OCH3 is 2. The summed E-state index contributed by atoms with van der Waals surface area (Å²) in [5, 5.41) is 2.91. The molecule has 2 amide bonds. The molecule has 232 valence electrons. The zero-order valence-electron chi connectivity index (χ0n) is 25.3. The molecule has 1 atom stereocenters. The summed E-state index contributed by atoms with van der Waals surface area (Å²) in [6.45, 7) is 5.67. The van der Waals surface area contributed by atoms with E-state index in [-0.39, 0.29) is 28.8 Å². The third kappa shape index (κ3) is 8.47. The summed E-state index contributed by atoms with van der Waals surface area (Å²) in [5.41, 5.74) is 1.86. The number of benzene rings is 3. The molecular weight excluding hydrogens is 573 g/mol. The maximum Gasteiger partial charge on any atom is 0.264 e. The molecule has 1 N–H and O–H groups in total. The summed E-state index contributed by atoms with van der Waals surface area (Å²) in [4.78, 5) is 28.7. The van der Waals surface area contributed by atoms with E-state index < -0.39 is 34.3 Å². The Labute approximate surface area is 253 Å². The van der Waals surface area contributed by atoms with Crippen LogP contribution in [0.25, 0.3) is 0 Å². The number of halogens is 1. The standard InChI is InChI=1S/C32H40FN3O6S/c1-6-8-18-34-32(38)28(7-2)35(21-24-11-9-10-23(3)19-24)31(37)22-36(26-14-12-25(33)13-15-26)43(39,40)27-16-17-29(41-4)30(20-27)42-5/h9-17,19-20,28H,6-8,18,21-22H2,1-5H3,(H,34,38)/t28-/m1/s1. The summed E-state index contributed by atoms with van der Waals surface area (Å²) in [5.74, 6) is -0.949. The Balaban J connectivity index is 2.07. The van der Waals surface area contributed by atoms with E-state index in [0.29, 0.717) is 18.7 Å². The van der Waals surface area contributed by atoms with E-state index in [1.54, 1.807) is 6.92 Å². The van der Waals surface area contributed by atoms with Crippen LogP contribution in [0.1, 0.15) is 44.2 Å². The Morgan fingerprint density at radius 2 is 1.65 bits per heavy atom. The van der Waals surface area contributed by atoms with Crippen LogP contribution in [0.2, 0.25) is 0 Å². The van der Waals surface area contributed by atoms with Crippen LogP contribution < -0.4 is 19.1 Å². The number of carbonyl (C=O) groups is 2. The second-order valence-electron chi connectivity index (χ2n) is 10.1. The number of nitrogens with one attached hydrogen (secondary N) is 1. The minimum atomic E-state index is -4.38. The molecule has 0 bridgehead atoms. The molecule has 0 fully saturated rings. The first-order valence-electron chi connectivity index (χ1n) is 14.2. The topological polar surface area (TPSA) is 105 Å². The Morgan fingerprint density at radius 3 is 2.26 bits per heavy atom. The van der Waals surface area contributed by atoms with Gasteiger partial charge in [-0.1, -0.05) is 50.1 Å². The highest BCUT2D eigenvalue weighted by atomic mass is 32.2. The first-order chi connectivity index (χ1) is 20.5. The number of aryl methyl sites for hydroxylation is 1. The minimum absolute atomic E-state index is 0.0838. The van der Waals surface area contributed by atoms with E-state index in [0.717, 1.165) is 40.4 Å². The van der Waals surface area contributed by atoms with Gasteiger partial charge in [-0.2, -0.15) is 0 Å². The second kappa shape index (κ2) is 15.4. The summed E-state index contributed by atoms with van der Waals surface area (Å²) in [6, 6.07) is 15.6. The number of ether oxygens (including phenoxy) is 2. The van der Waals surface area contributed by atoms with E-state index >= 15 is 0 Å². The number of sulfonamides is 1. The fraction of sp³-hybridized carbons (Fsp3) is 0.375. The van der Waals surface area contributed by atoms with E-state index in [2.05, 4.69) is 5.32 Å². The van der Waals surface area contributed by atoms with Crippen molar-refractivity contribution in [3.8, 4) is 11.5 Å². The molecule has 3 rings (SSSR count). The van der Waals surface area contributed by atoms with Crippen LogP contribution in [0.5, 0.6) is 11.5 Å². The molecule has 0 aliphatic rings. The molecular formula is C32H40FN3O6S. The van der Waals surface area contributed by atoms with Gasteiger partial charge < -0.3 is 19.7 Å². The van der Waals surface area contributed by atoms with E-state index in [1.807, 2.05) is 38.1 Å². The number of rotatable bonds is 15. The number of amides is 2. The van der Waals surface area contributed by atoms with Gasteiger partial charge in [0.15, 0.2) is 11.5 Å². The number of hydrogen-bond donors (Lipinski definition) is 1. The van der Waals surface area contributed by atoms with E-state index in [4.69, 9.17) is 9.47 Å². The summed E-state index contributed by atoms with van der Waals surface area (Å²) >= 11 is 0. The fourth-order valence-electron chi connectivity index (χ4n) is 4.67. The average molecular weight is 614 g/mol. The summed E-state index contributed by atoms with van der Waals surface area (Å²) in [6.07, 6.45) is 1.99. The van der Waals surface area contributed by atoms with Crippen LogP contribution in [0.4, 0.5) is 10.1 Å². The Kier molecular flexibility index (Phi) is 11.9. The molecule has 3 aromatic rings. The van der Waals surface area contributed by atoms with Crippen molar-refractivity contribution in [2.24, 2.45) is 0 Å². The lowest BCUT2D eigenvalue weighted by Crippen LogP contribution is -2.52. The largest absolute Gasteiger partial charge is 0.493 e. The third-order valence-electron chi connectivity index (χ3n) is 6.99. The van der Waals surface area contributed by atoms with Crippen LogP contribution in [0, 0.1) is 12.7 Å². The van der Waals surface area contributed by atoms with Crippen LogP contribution in [-0.4, -0.2) is 58.5 Å². The molecule has 0 aliphatic carbocycles. The number of hydrogen-bond acceptors (Lipinski definition) is 6. The first-order valence-corrected chi connectivity index (χ1v) is 15.6. The Hall–Kier alpha value is -4.12. The normalized spacial score (nSPS) is 11.9. The smallest absolute Gasteiger partial charge is 0.264 e. The van der Waals surface area contributed by atoms with Gasteiger partial charge in [0.05, 0.1) is 24.8 Å². The second-order valence-corrected chi connectivity index (χ2v) is 11.9. The molecule has 0 aromatic heterocycles. The maximum atomic E-state index is 14.1. The van der Waals surface area contributed by atoms with Crippen molar-refractivity contribution < 1.29 is 31.9 Å². The number of carbonyl (C=O) groups excluding carboxylic acids is 2. The van der Waals surface area contributed by atoms with Gasteiger partial charge >= 0.3 is 0 Å². The molecule has 0 aliphatic heterocycles. The molecule has 3 aromatic carbocycles.